The van der Waals surface area contributed by atoms with Crippen LogP contribution in [0.3, 0.4) is 0 Å². The van der Waals surface area contributed by atoms with E-state index in [0.717, 1.165) is 10.8 Å². The number of aliphatic hydroxyl groups excluding tert-OH is 2. The number of rotatable bonds is 8. The van der Waals surface area contributed by atoms with Crippen LogP contribution < -0.4 is 11.4 Å². The van der Waals surface area contributed by atoms with Gasteiger partial charge in [-0.3, -0.25) is 18.2 Å². The van der Waals surface area contributed by atoms with Gasteiger partial charge < -0.3 is 40.3 Å². The van der Waals surface area contributed by atoms with Gasteiger partial charge in [0.2, 0.25) is 0 Å². The second-order valence-electron chi connectivity index (χ2n) is 5.88. The Morgan fingerprint density at radius 3 is 2.34 bits per heavy atom. The zero-order valence-corrected chi connectivity index (χ0v) is 16.9. The van der Waals surface area contributed by atoms with Crippen LogP contribution in [0.25, 0.3) is 0 Å². The number of hydrogen-bond acceptors (Lipinski definition) is 11. The molecule has 19 heteroatoms. The van der Waals surface area contributed by atoms with Crippen molar-refractivity contribution in [2.75, 3.05) is 18.2 Å². The van der Waals surface area contributed by atoms with Crippen molar-refractivity contribution in [3.05, 3.63) is 22.7 Å². The van der Waals surface area contributed by atoms with E-state index in [4.69, 9.17) is 20.3 Å². The van der Waals surface area contributed by atoms with Gasteiger partial charge in [-0.05, 0) is 6.07 Å². The molecule has 0 aromatic carbocycles. The van der Waals surface area contributed by atoms with Crippen LogP contribution in [0.2, 0.25) is 0 Å². The third-order valence-corrected chi connectivity index (χ3v) is 8.68. The molecule has 16 nitrogen and oxygen atoms in total. The van der Waals surface area contributed by atoms with Crippen LogP contribution >= 0.6 is 23.0 Å². The minimum Gasteiger partial charge on any atom is -0.387 e. The molecule has 1 fully saturated rings. The van der Waals surface area contributed by atoms with Crippen LogP contribution in [-0.4, -0.2) is 70.2 Å². The van der Waals surface area contributed by atoms with E-state index in [9.17, 15) is 38.5 Å². The van der Waals surface area contributed by atoms with Gasteiger partial charge in [0.25, 0.3) is 0 Å². The molecule has 1 aliphatic rings. The van der Waals surface area contributed by atoms with Crippen molar-refractivity contribution in [3.8, 4) is 0 Å². The van der Waals surface area contributed by atoms with Crippen molar-refractivity contribution in [1.29, 1.82) is 0 Å². The Kier molecular flexibility index (Phi) is 7.23. The van der Waals surface area contributed by atoms with Crippen LogP contribution in [0.5, 0.6) is 0 Å². The van der Waals surface area contributed by atoms with Crippen LogP contribution in [0.15, 0.2) is 17.1 Å². The zero-order chi connectivity index (χ0) is 22.2. The van der Waals surface area contributed by atoms with Crippen molar-refractivity contribution >= 4 is 28.8 Å². The van der Waals surface area contributed by atoms with E-state index >= 15 is 0 Å². The third-order valence-electron chi connectivity index (χ3n) is 3.46. The molecule has 0 radical (unpaired) electrons. The Morgan fingerprint density at radius 2 is 1.79 bits per heavy atom. The summed E-state index contributed by atoms with van der Waals surface area (Å²) < 4.78 is 48.3. The van der Waals surface area contributed by atoms with Crippen molar-refractivity contribution in [2.24, 2.45) is 0 Å². The van der Waals surface area contributed by atoms with E-state index in [1.54, 1.807) is 0 Å². The molecular weight excluding hydrogens is 463 g/mol. The fraction of sp³-hybridized carbons (Fsp3) is 0.600. The second kappa shape index (κ2) is 8.63. The van der Waals surface area contributed by atoms with Crippen molar-refractivity contribution in [3.63, 3.8) is 0 Å². The Bertz CT molecular complexity index is 946. The Morgan fingerprint density at radius 1 is 1.17 bits per heavy atom. The molecule has 1 aromatic heterocycles. The molecule has 2 heterocycles. The molecule has 1 aliphatic heterocycles. The molecule has 166 valence electrons. The van der Waals surface area contributed by atoms with E-state index in [1.165, 1.54) is 6.07 Å². The van der Waals surface area contributed by atoms with Crippen molar-refractivity contribution < 1.29 is 57.1 Å². The largest absolute Gasteiger partial charge is 0.479 e. The lowest BCUT2D eigenvalue weighted by Gasteiger charge is -2.19. The standard InChI is InChI=1S/C10H18N3O13P3/c11-6-1-2-13(10(16)12-6)9-8(15)7(14)5(25-9)3-24-29(22,23)26-28(20,21)4-27(17,18)19/h1-2,5,7-9,14-15H,3-4H2,(H,20,21)(H,22,23)(H2,11,12,16)(H2,17,18,19)/t5-,7?,8?,9-/m1/s1. The fourth-order valence-electron chi connectivity index (χ4n) is 2.33. The van der Waals surface area contributed by atoms with Crippen LogP contribution in [0.4, 0.5) is 5.82 Å². The van der Waals surface area contributed by atoms with Gasteiger partial charge in [0.15, 0.2) is 12.1 Å². The average Bonchev–Trinajstić information content (AvgIpc) is 2.78. The monoisotopic (exact) mass is 481 g/mol. The summed E-state index contributed by atoms with van der Waals surface area (Å²) in [6.07, 6.45) is -5.25. The predicted molar refractivity (Wildman–Crippen MR) is 92.4 cm³/mol. The van der Waals surface area contributed by atoms with Gasteiger partial charge in [-0.2, -0.15) is 4.98 Å². The lowest BCUT2D eigenvalue weighted by molar-refractivity contribution is -0.0540. The average molecular weight is 481 g/mol. The van der Waals surface area contributed by atoms with E-state index in [1.807, 2.05) is 0 Å². The molecule has 6 atom stereocenters. The summed E-state index contributed by atoms with van der Waals surface area (Å²) in [5, 5.41) is 20.0. The maximum Gasteiger partial charge on any atom is 0.479 e. The first kappa shape index (κ1) is 24.3. The summed E-state index contributed by atoms with van der Waals surface area (Å²) in [7, 11) is -15.6. The number of ether oxygens (including phenoxy) is 1. The van der Waals surface area contributed by atoms with Crippen molar-refractivity contribution in [2.45, 2.75) is 24.5 Å². The number of aromatic nitrogens is 2. The first-order valence-corrected chi connectivity index (χ1v) is 12.6. The van der Waals surface area contributed by atoms with Crippen molar-refractivity contribution in [1.82, 2.24) is 9.55 Å². The summed E-state index contributed by atoms with van der Waals surface area (Å²) in [4.78, 5) is 51.3. The van der Waals surface area contributed by atoms with Crippen LogP contribution in [-0.2, 0) is 27.3 Å². The zero-order valence-electron chi connectivity index (χ0n) is 14.2. The van der Waals surface area contributed by atoms with Gasteiger partial charge in [-0.1, -0.05) is 0 Å². The molecule has 29 heavy (non-hydrogen) atoms. The van der Waals surface area contributed by atoms with Gasteiger partial charge in [-0.25, -0.2) is 13.7 Å². The second-order valence-corrected chi connectivity index (χ2v) is 11.5. The summed E-state index contributed by atoms with van der Waals surface area (Å²) in [6.45, 7) is -0.963. The van der Waals surface area contributed by atoms with Gasteiger partial charge in [0.1, 0.15) is 24.1 Å². The number of phosphoric acid groups is 1. The highest BCUT2D eigenvalue weighted by molar-refractivity contribution is 7.73. The maximum absolute atomic E-state index is 11.8. The van der Waals surface area contributed by atoms with Gasteiger partial charge in [-0.15, -0.1) is 0 Å². The predicted octanol–water partition coefficient (Wildman–Crippen LogP) is -2.10. The van der Waals surface area contributed by atoms with E-state index in [0.29, 0.717) is 0 Å². The molecule has 1 aromatic rings. The highest BCUT2D eigenvalue weighted by atomic mass is 31.3. The molecule has 0 aliphatic carbocycles. The fourth-order valence-corrected chi connectivity index (χ4v) is 6.67. The first-order chi connectivity index (χ1) is 13.1. The Hall–Kier alpha value is -0.990. The molecular formula is C10H18N3O13P3. The molecule has 0 saturated carbocycles. The number of anilines is 1. The Balaban J connectivity index is 2.05. The molecule has 0 amide bonds. The van der Waals surface area contributed by atoms with Gasteiger partial charge in [0, 0.05) is 6.20 Å². The van der Waals surface area contributed by atoms with E-state index < -0.39 is 65.8 Å². The highest BCUT2D eigenvalue weighted by Crippen LogP contribution is 2.65. The summed E-state index contributed by atoms with van der Waals surface area (Å²) in [5.74, 6) is -1.84. The molecule has 1 saturated heterocycles. The molecule has 2 rings (SSSR count). The minimum absolute atomic E-state index is 0.110. The third kappa shape index (κ3) is 6.76. The maximum atomic E-state index is 11.8. The quantitative estimate of drug-likeness (QED) is 0.196. The van der Waals surface area contributed by atoms with E-state index in [-0.39, 0.29) is 5.82 Å². The van der Waals surface area contributed by atoms with E-state index in [2.05, 4.69) is 13.8 Å². The Labute approximate surface area is 161 Å². The van der Waals surface area contributed by atoms with Gasteiger partial charge in [0.05, 0.1) is 6.61 Å². The molecule has 0 bridgehead atoms. The minimum atomic E-state index is -5.33. The van der Waals surface area contributed by atoms with Crippen LogP contribution in [0, 0.1) is 0 Å². The SMILES string of the molecule is Nc1ccn([C@@H]2O[C@H](COP(=O)(O)OP(=O)(O)CP(=O)(O)O)C(O)C2O)c(=O)n1. The lowest BCUT2D eigenvalue weighted by Crippen LogP contribution is -2.36. The number of nitrogen functional groups attached to an aromatic ring is 1. The first-order valence-electron chi connectivity index (χ1n) is 7.51. The number of nitrogens with zero attached hydrogens (tertiary/aromatic N) is 2. The molecule has 4 unspecified atom stereocenters. The summed E-state index contributed by atoms with van der Waals surface area (Å²) >= 11 is 0. The smallest absolute Gasteiger partial charge is 0.387 e. The molecule has 0 spiro atoms. The normalized spacial score (nSPS) is 29.3. The topological polar surface area (TPSA) is 261 Å². The number of aliphatic hydroxyl groups is 2. The number of hydrogen-bond donors (Lipinski definition) is 7. The lowest BCUT2D eigenvalue weighted by atomic mass is 10.1. The number of phosphoric ester groups is 1. The van der Waals surface area contributed by atoms with Gasteiger partial charge >= 0.3 is 28.7 Å². The van der Waals surface area contributed by atoms with Crippen LogP contribution in [0.1, 0.15) is 6.23 Å². The summed E-state index contributed by atoms with van der Waals surface area (Å²) in [5.41, 5.74) is 4.42. The summed E-state index contributed by atoms with van der Waals surface area (Å²) in [6, 6.07) is 1.21. The number of nitrogens with two attached hydrogens (primary N) is 1. The highest BCUT2D eigenvalue weighted by Gasteiger charge is 2.46. The molecule has 8 N–H and O–H groups in total.